The van der Waals surface area contributed by atoms with Crippen LogP contribution in [0.1, 0.15) is 41.5 Å². The number of methoxy groups -OCH3 is 1. The van der Waals surface area contributed by atoms with E-state index in [0.717, 1.165) is 22.2 Å². The summed E-state index contributed by atoms with van der Waals surface area (Å²) in [6, 6.07) is 13.0. The first-order valence-corrected chi connectivity index (χ1v) is 10.5. The normalized spacial score (nSPS) is 10.9. The lowest BCUT2D eigenvalue weighted by atomic mass is 10.1. The van der Waals surface area contributed by atoms with Crippen molar-refractivity contribution in [1.82, 2.24) is 4.57 Å². The molecule has 7 nitrogen and oxygen atoms in total. The van der Waals surface area contributed by atoms with Crippen molar-refractivity contribution in [3.8, 4) is 5.75 Å². The molecule has 3 aromatic rings. The molecule has 0 N–H and O–H groups in total. The summed E-state index contributed by atoms with van der Waals surface area (Å²) in [5.41, 5.74) is 12.5. The number of halogens is 1. The van der Waals surface area contributed by atoms with Gasteiger partial charge in [-0.2, -0.15) is 0 Å². The predicted octanol–water partition coefficient (Wildman–Crippen LogP) is 6.14. The molecule has 0 aliphatic heterocycles. The molecule has 0 saturated heterocycles. The van der Waals surface area contributed by atoms with Gasteiger partial charge in [0, 0.05) is 45.5 Å². The second-order valence-corrected chi connectivity index (χ2v) is 7.81. The van der Waals surface area contributed by atoms with Crippen molar-refractivity contribution in [3.05, 3.63) is 74.8 Å². The van der Waals surface area contributed by atoms with Crippen LogP contribution < -0.4 is 4.74 Å². The number of rotatable bonds is 9. The van der Waals surface area contributed by atoms with E-state index >= 15 is 0 Å². The summed E-state index contributed by atoms with van der Waals surface area (Å²) in [5.74, 6) is 0.295. The SMILES string of the molecule is COC(=O)c1ccc(OCCc2c(CCN=[N+]=[N-])n(C(C)C)c3ccc(Cl)cc23)cc1. The Morgan fingerprint density at radius 3 is 2.58 bits per heavy atom. The lowest BCUT2D eigenvalue weighted by Gasteiger charge is -2.15. The standard InChI is InChI=1S/C23H25ClN4O3/c1-15(2)28-21-9-6-17(24)14-20(21)19(22(28)10-12-26-27-25)11-13-31-18-7-4-16(5-8-18)23(29)30-3/h4-9,14-15H,10-13H2,1-3H3. The number of carbonyl (C=O) groups excluding carboxylic acids is 1. The largest absolute Gasteiger partial charge is 0.493 e. The summed E-state index contributed by atoms with van der Waals surface area (Å²) in [4.78, 5) is 14.5. The molecule has 0 atom stereocenters. The first-order valence-electron chi connectivity index (χ1n) is 10.1. The second kappa shape index (κ2) is 10.2. The van der Waals surface area contributed by atoms with E-state index in [2.05, 4.69) is 28.4 Å². The first-order chi connectivity index (χ1) is 15.0. The number of ether oxygens (including phenoxy) is 2. The van der Waals surface area contributed by atoms with Gasteiger partial charge in [-0.1, -0.05) is 16.7 Å². The van der Waals surface area contributed by atoms with Crippen LogP contribution in [-0.4, -0.2) is 30.8 Å². The maximum absolute atomic E-state index is 11.6. The van der Waals surface area contributed by atoms with E-state index in [1.165, 1.54) is 7.11 Å². The zero-order valence-corrected chi connectivity index (χ0v) is 18.6. The van der Waals surface area contributed by atoms with E-state index in [-0.39, 0.29) is 12.0 Å². The Morgan fingerprint density at radius 2 is 1.94 bits per heavy atom. The van der Waals surface area contributed by atoms with Gasteiger partial charge in [0.2, 0.25) is 0 Å². The van der Waals surface area contributed by atoms with Crippen molar-refractivity contribution in [2.24, 2.45) is 5.11 Å². The fourth-order valence-corrected chi connectivity index (χ4v) is 4.00. The van der Waals surface area contributed by atoms with Crippen LogP contribution in [0.3, 0.4) is 0 Å². The summed E-state index contributed by atoms with van der Waals surface area (Å²) in [6.45, 7) is 5.11. The predicted molar refractivity (Wildman–Crippen MR) is 122 cm³/mol. The lowest BCUT2D eigenvalue weighted by molar-refractivity contribution is 0.0600. The van der Waals surface area contributed by atoms with Crippen LogP contribution in [0.15, 0.2) is 47.6 Å². The van der Waals surface area contributed by atoms with Gasteiger partial charge in [-0.3, -0.25) is 0 Å². The third-order valence-electron chi connectivity index (χ3n) is 5.11. The average molecular weight is 441 g/mol. The molecule has 1 heterocycles. The average Bonchev–Trinajstić information content (AvgIpc) is 3.06. The van der Waals surface area contributed by atoms with Gasteiger partial charge in [-0.25, -0.2) is 4.79 Å². The molecule has 0 radical (unpaired) electrons. The number of hydrogen-bond donors (Lipinski definition) is 0. The number of fused-ring (bicyclic) bond motifs is 1. The smallest absolute Gasteiger partial charge is 0.337 e. The van der Waals surface area contributed by atoms with Crippen LogP contribution in [0.2, 0.25) is 5.02 Å². The highest BCUT2D eigenvalue weighted by Gasteiger charge is 2.19. The van der Waals surface area contributed by atoms with Crippen molar-refractivity contribution in [2.45, 2.75) is 32.7 Å². The molecule has 31 heavy (non-hydrogen) atoms. The Morgan fingerprint density at radius 1 is 1.19 bits per heavy atom. The Bertz CT molecular complexity index is 1120. The molecule has 0 fully saturated rings. The summed E-state index contributed by atoms with van der Waals surface area (Å²) in [7, 11) is 1.35. The van der Waals surface area contributed by atoms with E-state index < -0.39 is 0 Å². The van der Waals surface area contributed by atoms with Crippen molar-refractivity contribution in [2.75, 3.05) is 20.3 Å². The van der Waals surface area contributed by atoms with Gasteiger partial charge in [-0.15, -0.1) is 0 Å². The molecule has 0 unspecified atom stereocenters. The van der Waals surface area contributed by atoms with E-state index in [1.54, 1.807) is 24.3 Å². The zero-order valence-electron chi connectivity index (χ0n) is 17.8. The Kier molecular flexibility index (Phi) is 7.45. The summed E-state index contributed by atoms with van der Waals surface area (Å²) in [5, 5.41) is 5.49. The minimum absolute atomic E-state index is 0.241. The molecule has 0 spiro atoms. The molecule has 3 rings (SSSR count). The van der Waals surface area contributed by atoms with E-state index in [0.29, 0.717) is 42.3 Å². The quantitative estimate of drug-likeness (QED) is 0.173. The van der Waals surface area contributed by atoms with Crippen molar-refractivity contribution in [3.63, 3.8) is 0 Å². The monoisotopic (exact) mass is 440 g/mol. The van der Waals surface area contributed by atoms with Gasteiger partial charge in [0.25, 0.3) is 0 Å². The van der Waals surface area contributed by atoms with Crippen molar-refractivity contribution >= 4 is 28.5 Å². The van der Waals surface area contributed by atoms with Crippen LogP contribution in [0.5, 0.6) is 5.75 Å². The Hall–Kier alpha value is -3.15. The number of hydrogen-bond acceptors (Lipinski definition) is 4. The molecule has 0 amide bonds. The van der Waals surface area contributed by atoms with E-state index in [4.69, 9.17) is 26.6 Å². The highest BCUT2D eigenvalue weighted by molar-refractivity contribution is 6.31. The number of aromatic nitrogens is 1. The van der Waals surface area contributed by atoms with Gasteiger partial charge < -0.3 is 14.0 Å². The summed E-state index contributed by atoms with van der Waals surface area (Å²) >= 11 is 6.30. The van der Waals surface area contributed by atoms with Crippen LogP contribution in [0.4, 0.5) is 0 Å². The molecule has 0 saturated carbocycles. The molecule has 162 valence electrons. The van der Waals surface area contributed by atoms with Crippen LogP contribution in [0, 0.1) is 0 Å². The van der Waals surface area contributed by atoms with Gasteiger partial charge >= 0.3 is 5.97 Å². The van der Waals surface area contributed by atoms with Crippen LogP contribution >= 0.6 is 11.6 Å². The fraction of sp³-hybridized carbons (Fsp3) is 0.348. The van der Waals surface area contributed by atoms with Gasteiger partial charge in [0.05, 0.1) is 19.3 Å². The third-order valence-corrected chi connectivity index (χ3v) is 5.34. The first kappa shape index (κ1) is 22.5. The number of benzene rings is 2. The van der Waals surface area contributed by atoms with Gasteiger partial charge in [0.15, 0.2) is 0 Å². The van der Waals surface area contributed by atoms with Gasteiger partial charge in [0.1, 0.15) is 5.75 Å². The summed E-state index contributed by atoms with van der Waals surface area (Å²) in [6.07, 6.45) is 1.30. The molecule has 2 aromatic carbocycles. The number of azide groups is 1. The molecular formula is C23H25ClN4O3. The maximum Gasteiger partial charge on any atom is 0.337 e. The minimum Gasteiger partial charge on any atom is -0.493 e. The molecule has 8 heteroatoms. The molecule has 0 aliphatic rings. The third kappa shape index (κ3) is 5.13. The van der Waals surface area contributed by atoms with Crippen molar-refractivity contribution < 1.29 is 14.3 Å². The highest BCUT2D eigenvalue weighted by Crippen LogP contribution is 2.32. The Balaban J connectivity index is 1.87. The molecule has 0 bridgehead atoms. The lowest BCUT2D eigenvalue weighted by Crippen LogP contribution is -2.10. The molecule has 1 aromatic heterocycles. The fourth-order valence-electron chi connectivity index (χ4n) is 3.82. The van der Waals surface area contributed by atoms with Gasteiger partial charge in [-0.05, 0) is 73.8 Å². The number of nitrogens with zero attached hydrogens (tertiary/aromatic N) is 4. The zero-order chi connectivity index (χ0) is 22.4. The second-order valence-electron chi connectivity index (χ2n) is 7.37. The number of carbonyl (C=O) groups is 1. The molecular weight excluding hydrogens is 416 g/mol. The van der Waals surface area contributed by atoms with Crippen molar-refractivity contribution in [1.29, 1.82) is 0 Å². The van der Waals surface area contributed by atoms with E-state index in [1.807, 2.05) is 18.2 Å². The minimum atomic E-state index is -0.380. The highest BCUT2D eigenvalue weighted by atomic mass is 35.5. The number of esters is 1. The van der Waals surface area contributed by atoms with E-state index in [9.17, 15) is 4.79 Å². The maximum atomic E-state index is 11.6. The summed E-state index contributed by atoms with van der Waals surface area (Å²) < 4.78 is 12.9. The Labute approximate surface area is 186 Å². The molecule has 0 aliphatic carbocycles. The van der Waals surface area contributed by atoms with Crippen LogP contribution in [-0.2, 0) is 17.6 Å². The van der Waals surface area contributed by atoms with Crippen LogP contribution in [0.25, 0.3) is 21.3 Å². The topological polar surface area (TPSA) is 89.2 Å².